The summed E-state index contributed by atoms with van der Waals surface area (Å²) < 4.78 is 6.54. The van der Waals surface area contributed by atoms with Gasteiger partial charge in [-0.1, -0.05) is 19.9 Å². The van der Waals surface area contributed by atoms with Crippen LogP contribution in [0.5, 0.6) is 0 Å². The molecule has 21 heavy (non-hydrogen) atoms. The van der Waals surface area contributed by atoms with Gasteiger partial charge < -0.3 is 15.2 Å². The lowest BCUT2D eigenvalue weighted by Crippen LogP contribution is -2.25. The molecule has 0 saturated carbocycles. The van der Waals surface area contributed by atoms with Crippen molar-refractivity contribution in [1.29, 1.82) is 0 Å². The molecule has 1 unspecified atom stereocenters. The lowest BCUT2D eigenvalue weighted by molar-refractivity contribution is 0.0409. The molecule has 0 saturated heterocycles. The van der Waals surface area contributed by atoms with E-state index in [0.717, 1.165) is 23.2 Å². The Kier molecular flexibility index (Phi) is 8.30. The van der Waals surface area contributed by atoms with Gasteiger partial charge in [-0.2, -0.15) is 0 Å². The van der Waals surface area contributed by atoms with Crippen molar-refractivity contribution < 1.29 is 9.84 Å². The van der Waals surface area contributed by atoms with Gasteiger partial charge in [-0.3, -0.25) is 0 Å². The lowest BCUT2D eigenvalue weighted by Gasteiger charge is -2.16. The molecule has 1 atom stereocenters. The fourth-order valence-electron chi connectivity index (χ4n) is 2.23. The maximum Gasteiger partial charge on any atom is 0.0945 e. The van der Waals surface area contributed by atoms with Crippen LogP contribution in [-0.2, 0) is 4.74 Å². The predicted octanol–water partition coefficient (Wildman–Crippen LogP) is 4.29. The third-order valence-electron chi connectivity index (χ3n) is 3.33. The third-order valence-corrected chi connectivity index (χ3v) is 3.95. The first-order valence-electron chi connectivity index (χ1n) is 7.66. The zero-order chi connectivity index (χ0) is 15.8. The normalized spacial score (nSPS) is 12.7. The van der Waals surface area contributed by atoms with E-state index >= 15 is 0 Å². The minimum Gasteiger partial charge on any atom is -0.389 e. The largest absolute Gasteiger partial charge is 0.389 e. The van der Waals surface area contributed by atoms with E-state index in [2.05, 4.69) is 61.1 Å². The SMILES string of the molecule is Cc1cc(C)c(NCC(O)COCCCC(C)C)c(Br)c1. The summed E-state index contributed by atoms with van der Waals surface area (Å²) in [7, 11) is 0. The van der Waals surface area contributed by atoms with E-state index in [1.54, 1.807) is 0 Å². The average Bonchev–Trinajstić information content (AvgIpc) is 2.36. The second-order valence-electron chi connectivity index (χ2n) is 6.08. The molecule has 3 nitrogen and oxygen atoms in total. The smallest absolute Gasteiger partial charge is 0.0945 e. The van der Waals surface area contributed by atoms with Gasteiger partial charge in [0.25, 0.3) is 0 Å². The fourth-order valence-corrected chi connectivity index (χ4v) is 3.05. The molecular weight excluding hydrogens is 330 g/mol. The van der Waals surface area contributed by atoms with Gasteiger partial charge in [0.1, 0.15) is 0 Å². The molecule has 4 heteroatoms. The maximum absolute atomic E-state index is 9.95. The van der Waals surface area contributed by atoms with Crippen LogP contribution in [0, 0.1) is 19.8 Å². The quantitative estimate of drug-likeness (QED) is 0.647. The van der Waals surface area contributed by atoms with Crippen LogP contribution >= 0.6 is 15.9 Å². The van der Waals surface area contributed by atoms with Crippen LogP contribution < -0.4 is 5.32 Å². The van der Waals surface area contributed by atoms with Crippen molar-refractivity contribution in [3.05, 3.63) is 27.7 Å². The van der Waals surface area contributed by atoms with Crippen LogP contribution in [0.15, 0.2) is 16.6 Å². The van der Waals surface area contributed by atoms with E-state index < -0.39 is 6.10 Å². The average molecular weight is 358 g/mol. The van der Waals surface area contributed by atoms with Gasteiger partial charge in [0.05, 0.1) is 18.4 Å². The molecule has 0 fully saturated rings. The number of ether oxygens (including phenoxy) is 1. The Labute approximate surface area is 137 Å². The summed E-state index contributed by atoms with van der Waals surface area (Å²) in [6.45, 7) is 10.2. The summed E-state index contributed by atoms with van der Waals surface area (Å²) in [5, 5.41) is 13.2. The molecule has 0 aromatic heterocycles. The number of aliphatic hydroxyl groups is 1. The molecular formula is C17H28BrNO2. The maximum atomic E-state index is 9.95. The Morgan fingerprint density at radius 3 is 2.62 bits per heavy atom. The van der Waals surface area contributed by atoms with Crippen molar-refractivity contribution >= 4 is 21.6 Å². The summed E-state index contributed by atoms with van der Waals surface area (Å²) >= 11 is 3.56. The van der Waals surface area contributed by atoms with Crippen molar-refractivity contribution in [2.24, 2.45) is 5.92 Å². The first-order chi connectivity index (χ1) is 9.90. The number of rotatable bonds is 9. The van der Waals surface area contributed by atoms with Crippen LogP contribution in [-0.4, -0.2) is 31.0 Å². The van der Waals surface area contributed by atoms with Gasteiger partial charge >= 0.3 is 0 Å². The number of anilines is 1. The zero-order valence-corrected chi connectivity index (χ0v) is 15.2. The molecule has 0 amide bonds. The molecule has 0 heterocycles. The van der Waals surface area contributed by atoms with E-state index in [9.17, 15) is 5.11 Å². The van der Waals surface area contributed by atoms with E-state index in [0.29, 0.717) is 19.1 Å². The van der Waals surface area contributed by atoms with Crippen LogP contribution in [0.25, 0.3) is 0 Å². The van der Waals surface area contributed by atoms with Crippen LogP contribution in [0.3, 0.4) is 0 Å². The van der Waals surface area contributed by atoms with Crippen LogP contribution in [0.4, 0.5) is 5.69 Å². The minimum absolute atomic E-state index is 0.383. The molecule has 0 aliphatic heterocycles. The number of hydrogen-bond donors (Lipinski definition) is 2. The Balaban J connectivity index is 2.29. The zero-order valence-electron chi connectivity index (χ0n) is 13.6. The molecule has 1 rings (SSSR count). The predicted molar refractivity (Wildman–Crippen MR) is 93.0 cm³/mol. The van der Waals surface area contributed by atoms with Gasteiger partial charge in [-0.25, -0.2) is 0 Å². The lowest BCUT2D eigenvalue weighted by atomic mass is 10.1. The summed E-state index contributed by atoms with van der Waals surface area (Å²) in [6.07, 6.45) is 1.74. The van der Waals surface area contributed by atoms with E-state index in [-0.39, 0.29) is 0 Å². The van der Waals surface area contributed by atoms with E-state index in [1.165, 1.54) is 17.5 Å². The summed E-state index contributed by atoms with van der Waals surface area (Å²) in [6, 6.07) is 4.20. The highest BCUT2D eigenvalue weighted by Gasteiger charge is 2.08. The first kappa shape index (κ1) is 18.5. The summed E-state index contributed by atoms with van der Waals surface area (Å²) in [4.78, 5) is 0. The van der Waals surface area contributed by atoms with Crippen molar-refractivity contribution in [3.8, 4) is 0 Å². The van der Waals surface area contributed by atoms with Gasteiger partial charge in [-0.15, -0.1) is 0 Å². The standard InChI is InChI=1S/C17H28BrNO2/c1-12(2)6-5-7-21-11-15(20)10-19-17-14(4)8-13(3)9-16(17)18/h8-9,12,15,19-20H,5-7,10-11H2,1-4H3. The molecule has 2 N–H and O–H groups in total. The van der Waals surface area contributed by atoms with E-state index in [1.807, 2.05) is 0 Å². The van der Waals surface area contributed by atoms with Gasteiger partial charge in [0.2, 0.25) is 0 Å². The molecule has 1 aromatic carbocycles. The highest BCUT2D eigenvalue weighted by molar-refractivity contribution is 9.10. The van der Waals surface area contributed by atoms with Crippen molar-refractivity contribution in [1.82, 2.24) is 0 Å². The molecule has 0 aliphatic rings. The summed E-state index contributed by atoms with van der Waals surface area (Å²) in [5.74, 6) is 0.710. The molecule has 0 radical (unpaired) electrons. The Morgan fingerprint density at radius 1 is 1.29 bits per heavy atom. The van der Waals surface area contributed by atoms with Crippen molar-refractivity contribution in [2.75, 3.05) is 25.1 Å². The molecule has 0 aliphatic carbocycles. The number of hydrogen-bond acceptors (Lipinski definition) is 3. The molecule has 1 aromatic rings. The third kappa shape index (κ3) is 7.30. The minimum atomic E-state index is -0.489. The molecule has 120 valence electrons. The Bertz CT molecular complexity index is 412. The van der Waals surface area contributed by atoms with Crippen molar-refractivity contribution in [2.45, 2.75) is 46.6 Å². The van der Waals surface area contributed by atoms with Crippen molar-refractivity contribution in [3.63, 3.8) is 0 Å². The number of aliphatic hydroxyl groups excluding tert-OH is 1. The second kappa shape index (κ2) is 9.44. The second-order valence-corrected chi connectivity index (χ2v) is 6.94. The van der Waals surface area contributed by atoms with Crippen LogP contribution in [0.1, 0.15) is 37.8 Å². The Hall–Kier alpha value is -0.580. The Morgan fingerprint density at radius 2 is 2.00 bits per heavy atom. The highest BCUT2D eigenvalue weighted by atomic mass is 79.9. The van der Waals surface area contributed by atoms with Gasteiger partial charge in [0, 0.05) is 17.6 Å². The van der Waals surface area contributed by atoms with Gasteiger partial charge in [-0.05, 0) is 65.7 Å². The number of halogens is 1. The number of benzene rings is 1. The molecule has 0 bridgehead atoms. The topological polar surface area (TPSA) is 41.5 Å². The first-order valence-corrected chi connectivity index (χ1v) is 8.46. The monoisotopic (exact) mass is 357 g/mol. The molecule has 0 spiro atoms. The van der Waals surface area contributed by atoms with Gasteiger partial charge in [0.15, 0.2) is 0 Å². The number of nitrogens with one attached hydrogen (secondary N) is 1. The van der Waals surface area contributed by atoms with Crippen LogP contribution in [0.2, 0.25) is 0 Å². The van der Waals surface area contributed by atoms with E-state index in [4.69, 9.17) is 4.74 Å². The fraction of sp³-hybridized carbons (Fsp3) is 0.647. The number of aryl methyl sites for hydroxylation is 2. The summed E-state index contributed by atoms with van der Waals surface area (Å²) in [5.41, 5.74) is 3.44. The highest BCUT2D eigenvalue weighted by Crippen LogP contribution is 2.27.